The normalized spacial score (nSPS) is 20.0. The molecule has 2 heterocycles. The standard InChI is InChI=1S/C13H15N3OS/c1-8-11-5-10(2-3-12(11)15-14-8)16-6-9(7-18)4-13(16)17/h2-3,5,9,18H,4,6-7H2,1H3,(H,14,15). The van der Waals surface area contributed by atoms with Crippen LogP contribution in [0.1, 0.15) is 12.1 Å². The van der Waals surface area contributed by atoms with Crippen LogP contribution in [0.2, 0.25) is 0 Å². The van der Waals surface area contributed by atoms with Crippen LogP contribution < -0.4 is 4.90 Å². The maximum absolute atomic E-state index is 12.0. The minimum absolute atomic E-state index is 0.189. The molecule has 1 aromatic carbocycles. The van der Waals surface area contributed by atoms with E-state index in [1.165, 1.54) is 0 Å². The maximum atomic E-state index is 12.0. The SMILES string of the molecule is Cc1[nH]nc2ccc(N3CC(CS)CC3=O)cc12. The highest BCUT2D eigenvalue weighted by atomic mass is 32.1. The second-order valence-corrected chi connectivity index (χ2v) is 5.17. The molecule has 0 saturated carbocycles. The molecule has 2 aromatic rings. The van der Waals surface area contributed by atoms with Crippen molar-refractivity contribution in [3.63, 3.8) is 0 Å². The molecule has 0 aliphatic carbocycles. The van der Waals surface area contributed by atoms with Crippen LogP contribution in [0.3, 0.4) is 0 Å². The van der Waals surface area contributed by atoms with Gasteiger partial charge in [0.05, 0.1) is 5.52 Å². The summed E-state index contributed by atoms with van der Waals surface area (Å²) in [6.45, 7) is 2.76. The van der Waals surface area contributed by atoms with E-state index >= 15 is 0 Å². The van der Waals surface area contributed by atoms with E-state index < -0.39 is 0 Å². The van der Waals surface area contributed by atoms with Gasteiger partial charge in [-0.3, -0.25) is 9.89 Å². The van der Waals surface area contributed by atoms with Gasteiger partial charge < -0.3 is 4.90 Å². The number of nitrogens with one attached hydrogen (secondary N) is 1. The summed E-state index contributed by atoms with van der Waals surface area (Å²) in [5.41, 5.74) is 2.93. The van der Waals surface area contributed by atoms with Crippen molar-refractivity contribution in [2.45, 2.75) is 13.3 Å². The van der Waals surface area contributed by atoms with Gasteiger partial charge in [-0.15, -0.1) is 0 Å². The van der Waals surface area contributed by atoms with Gasteiger partial charge in [-0.05, 0) is 36.8 Å². The Hall–Kier alpha value is -1.49. The number of aryl methyl sites for hydroxylation is 1. The fourth-order valence-electron chi connectivity index (χ4n) is 2.45. The number of nitrogens with zero attached hydrogens (tertiary/aromatic N) is 2. The lowest BCUT2D eigenvalue weighted by atomic mass is 10.1. The van der Waals surface area contributed by atoms with Gasteiger partial charge in [0.25, 0.3) is 0 Å². The van der Waals surface area contributed by atoms with Gasteiger partial charge >= 0.3 is 0 Å². The molecule has 1 amide bonds. The molecule has 4 nitrogen and oxygen atoms in total. The van der Waals surface area contributed by atoms with Crippen molar-refractivity contribution in [2.24, 2.45) is 5.92 Å². The number of hydrogen-bond acceptors (Lipinski definition) is 3. The summed E-state index contributed by atoms with van der Waals surface area (Å²) >= 11 is 4.28. The molecular formula is C13H15N3OS. The highest BCUT2D eigenvalue weighted by Crippen LogP contribution is 2.28. The van der Waals surface area contributed by atoms with E-state index in [2.05, 4.69) is 22.8 Å². The van der Waals surface area contributed by atoms with Crippen LogP contribution in [0.5, 0.6) is 0 Å². The number of aromatic nitrogens is 2. The molecule has 1 saturated heterocycles. The molecule has 1 aliphatic rings. The summed E-state index contributed by atoms with van der Waals surface area (Å²) in [6, 6.07) is 5.95. The van der Waals surface area contributed by atoms with E-state index in [0.717, 1.165) is 34.6 Å². The van der Waals surface area contributed by atoms with Crippen molar-refractivity contribution < 1.29 is 4.79 Å². The number of hydrogen-bond donors (Lipinski definition) is 2. The molecule has 1 N–H and O–H groups in total. The molecule has 1 fully saturated rings. The molecule has 1 unspecified atom stereocenters. The van der Waals surface area contributed by atoms with Crippen LogP contribution in [-0.4, -0.2) is 28.4 Å². The third-order valence-corrected chi connectivity index (χ3v) is 4.02. The van der Waals surface area contributed by atoms with Crippen LogP contribution in [0.25, 0.3) is 10.9 Å². The maximum Gasteiger partial charge on any atom is 0.227 e. The zero-order valence-corrected chi connectivity index (χ0v) is 11.1. The topological polar surface area (TPSA) is 49.0 Å². The Kier molecular flexibility index (Phi) is 2.78. The fourth-order valence-corrected chi connectivity index (χ4v) is 2.69. The zero-order chi connectivity index (χ0) is 12.7. The molecule has 3 rings (SSSR count). The summed E-state index contributed by atoms with van der Waals surface area (Å²) < 4.78 is 0. The predicted molar refractivity (Wildman–Crippen MR) is 75.1 cm³/mol. The van der Waals surface area contributed by atoms with Crippen LogP contribution in [0.15, 0.2) is 18.2 Å². The Morgan fingerprint density at radius 3 is 3.11 bits per heavy atom. The average Bonchev–Trinajstić information content (AvgIpc) is 2.93. The lowest BCUT2D eigenvalue weighted by molar-refractivity contribution is -0.117. The average molecular weight is 261 g/mol. The molecule has 0 spiro atoms. The number of fused-ring (bicyclic) bond motifs is 1. The van der Waals surface area contributed by atoms with Gasteiger partial charge in [-0.2, -0.15) is 17.7 Å². The lowest BCUT2D eigenvalue weighted by Crippen LogP contribution is -2.24. The van der Waals surface area contributed by atoms with Crippen molar-refractivity contribution in [3.05, 3.63) is 23.9 Å². The molecule has 5 heteroatoms. The third kappa shape index (κ3) is 1.79. The van der Waals surface area contributed by atoms with Gasteiger partial charge in [-0.25, -0.2) is 0 Å². The van der Waals surface area contributed by atoms with Crippen LogP contribution in [0, 0.1) is 12.8 Å². The Morgan fingerprint density at radius 1 is 1.56 bits per heavy atom. The van der Waals surface area contributed by atoms with Gasteiger partial charge in [0.1, 0.15) is 0 Å². The summed E-state index contributed by atoms with van der Waals surface area (Å²) in [5, 5.41) is 8.23. The first kappa shape index (κ1) is 11.6. The van der Waals surface area contributed by atoms with Gasteiger partial charge in [0.15, 0.2) is 0 Å². The molecule has 0 bridgehead atoms. The number of benzene rings is 1. The number of carbonyl (C=O) groups excluding carboxylic acids is 1. The summed E-state index contributed by atoms with van der Waals surface area (Å²) in [7, 11) is 0. The third-order valence-electron chi connectivity index (χ3n) is 3.50. The largest absolute Gasteiger partial charge is 0.312 e. The Balaban J connectivity index is 1.99. The van der Waals surface area contributed by atoms with Crippen molar-refractivity contribution in [1.29, 1.82) is 0 Å². The molecule has 1 aliphatic heterocycles. The molecule has 94 valence electrons. The summed E-state index contributed by atoms with van der Waals surface area (Å²) in [4.78, 5) is 13.8. The highest BCUT2D eigenvalue weighted by molar-refractivity contribution is 7.80. The van der Waals surface area contributed by atoms with Crippen LogP contribution in [0.4, 0.5) is 5.69 Å². The van der Waals surface area contributed by atoms with Gasteiger partial charge in [0.2, 0.25) is 5.91 Å². The van der Waals surface area contributed by atoms with Crippen LogP contribution >= 0.6 is 12.6 Å². The number of aromatic amines is 1. The zero-order valence-electron chi connectivity index (χ0n) is 10.2. The Bertz CT molecular complexity index is 607. The lowest BCUT2D eigenvalue weighted by Gasteiger charge is -2.16. The fraction of sp³-hybridized carbons (Fsp3) is 0.385. The first-order valence-corrected chi connectivity index (χ1v) is 6.68. The second-order valence-electron chi connectivity index (χ2n) is 4.81. The van der Waals surface area contributed by atoms with E-state index in [9.17, 15) is 4.79 Å². The molecule has 18 heavy (non-hydrogen) atoms. The minimum atomic E-state index is 0.189. The Morgan fingerprint density at radius 2 is 2.39 bits per heavy atom. The molecular weight excluding hydrogens is 246 g/mol. The quantitative estimate of drug-likeness (QED) is 0.814. The number of H-pyrrole nitrogens is 1. The molecule has 1 aromatic heterocycles. The van der Waals surface area contributed by atoms with Crippen molar-refractivity contribution in [2.75, 3.05) is 17.2 Å². The van der Waals surface area contributed by atoms with E-state index in [-0.39, 0.29) is 5.91 Å². The van der Waals surface area contributed by atoms with Crippen LogP contribution in [-0.2, 0) is 4.79 Å². The van der Waals surface area contributed by atoms with Gasteiger partial charge in [0, 0.05) is 29.7 Å². The van der Waals surface area contributed by atoms with E-state index in [4.69, 9.17) is 0 Å². The number of carbonyl (C=O) groups is 1. The first-order chi connectivity index (χ1) is 8.69. The summed E-state index contributed by atoms with van der Waals surface area (Å²) in [6.07, 6.45) is 0.603. The van der Waals surface area contributed by atoms with Gasteiger partial charge in [-0.1, -0.05) is 0 Å². The van der Waals surface area contributed by atoms with Crippen molar-refractivity contribution in [3.8, 4) is 0 Å². The van der Waals surface area contributed by atoms with E-state index in [1.807, 2.05) is 30.0 Å². The first-order valence-electron chi connectivity index (χ1n) is 6.05. The van der Waals surface area contributed by atoms with Crippen molar-refractivity contribution in [1.82, 2.24) is 10.2 Å². The molecule has 1 atom stereocenters. The second kappa shape index (κ2) is 4.31. The minimum Gasteiger partial charge on any atom is -0.312 e. The number of anilines is 1. The Labute approximate surface area is 111 Å². The van der Waals surface area contributed by atoms with E-state index in [1.54, 1.807) is 0 Å². The van der Waals surface area contributed by atoms with E-state index in [0.29, 0.717) is 12.3 Å². The number of thiol groups is 1. The smallest absolute Gasteiger partial charge is 0.227 e. The predicted octanol–water partition coefficient (Wildman–Crippen LogP) is 2.15. The monoisotopic (exact) mass is 261 g/mol. The summed E-state index contributed by atoms with van der Waals surface area (Å²) in [5.74, 6) is 1.31. The number of rotatable bonds is 2. The number of amides is 1. The van der Waals surface area contributed by atoms with Crippen molar-refractivity contribution >= 4 is 35.1 Å². The molecule has 0 radical (unpaired) electrons. The highest BCUT2D eigenvalue weighted by Gasteiger charge is 2.29.